The van der Waals surface area contributed by atoms with Crippen LogP contribution in [0.1, 0.15) is 15.9 Å². The standard InChI is InChI=1S/C18H15NO3/c1-12-7-8-14(11-13(12)2)9-10-17(20)19-16-6-4-3-5-15(16)18(21)22/h3-11H,1-2H2,(H,19,20)(H,21,22). The van der Waals surface area contributed by atoms with Crippen LogP contribution in [-0.4, -0.2) is 17.0 Å². The van der Waals surface area contributed by atoms with E-state index in [1.54, 1.807) is 24.3 Å². The number of nitrogens with one attached hydrogen (secondary N) is 1. The molecule has 0 saturated carbocycles. The van der Waals surface area contributed by atoms with E-state index in [1.165, 1.54) is 12.1 Å². The second-order valence-electron chi connectivity index (χ2n) is 4.70. The van der Waals surface area contributed by atoms with Gasteiger partial charge in [0.1, 0.15) is 0 Å². The van der Waals surface area contributed by atoms with Crippen molar-refractivity contribution in [3.63, 3.8) is 0 Å². The predicted octanol–water partition coefficient (Wildman–Crippen LogP) is 1.86. The predicted molar refractivity (Wildman–Crippen MR) is 87.8 cm³/mol. The highest BCUT2D eigenvalue weighted by Crippen LogP contribution is 2.14. The maximum absolute atomic E-state index is 11.9. The number of carbonyl (C=O) groups is 2. The maximum Gasteiger partial charge on any atom is 0.337 e. The summed E-state index contributed by atoms with van der Waals surface area (Å²) in [5, 5.41) is 13.2. The summed E-state index contributed by atoms with van der Waals surface area (Å²) in [6.07, 6.45) is 2.98. The minimum absolute atomic E-state index is 0.0469. The van der Waals surface area contributed by atoms with Gasteiger partial charge >= 0.3 is 5.97 Å². The minimum atomic E-state index is -1.09. The first kappa shape index (κ1) is 15.3. The molecule has 4 heteroatoms. The molecule has 0 radical (unpaired) electrons. The van der Waals surface area contributed by atoms with Crippen LogP contribution in [0.25, 0.3) is 19.2 Å². The van der Waals surface area contributed by atoms with Gasteiger partial charge in [0, 0.05) is 6.08 Å². The number of benzene rings is 2. The van der Waals surface area contributed by atoms with Gasteiger partial charge in [0.2, 0.25) is 5.91 Å². The SMILES string of the molecule is C=c1ccc(C=CC(=O)Nc2ccccc2C(=O)O)cc1=C. The van der Waals surface area contributed by atoms with Gasteiger partial charge in [0.15, 0.2) is 0 Å². The molecule has 0 aliphatic rings. The van der Waals surface area contributed by atoms with Crippen LogP contribution in [0.15, 0.2) is 48.5 Å². The van der Waals surface area contributed by atoms with E-state index in [9.17, 15) is 9.59 Å². The quantitative estimate of drug-likeness (QED) is 0.846. The Labute approximate surface area is 127 Å². The van der Waals surface area contributed by atoms with Crippen molar-refractivity contribution in [2.24, 2.45) is 0 Å². The highest BCUT2D eigenvalue weighted by atomic mass is 16.4. The van der Waals surface area contributed by atoms with Crippen LogP contribution < -0.4 is 15.8 Å². The molecule has 0 aromatic heterocycles. The van der Waals surface area contributed by atoms with Crippen molar-refractivity contribution in [3.8, 4) is 0 Å². The highest BCUT2D eigenvalue weighted by molar-refractivity contribution is 6.06. The second kappa shape index (κ2) is 6.54. The second-order valence-corrected chi connectivity index (χ2v) is 4.70. The number of aromatic carboxylic acids is 1. The lowest BCUT2D eigenvalue weighted by atomic mass is 10.1. The van der Waals surface area contributed by atoms with E-state index < -0.39 is 11.9 Å². The van der Waals surface area contributed by atoms with Crippen LogP contribution in [0.3, 0.4) is 0 Å². The van der Waals surface area contributed by atoms with Gasteiger partial charge in [0.05, 0.1) is 11.3 Å². The highest BCUT2D eigenvalue weighted by Gasteiger charge is 2.09. The molecule has 2 rings (SSSR count). The maximum atomic E-state index is 11.9. The molecular weight excluding hydrogens is 278 g/mol. The average Bonchev–Trinajstić information content (AvgIpc) is 2.49. The number of rotatable bonds is 4. The van der Waals surface area contributed by atoms with Gasteiger partial charge in [-0.3, -0.25) is 4.79 Å². The fourth-order valence-corrected chi connectivity index (χ4v) is 1.87. The molecular formula is C18H15NO3. The molecule has 22 heavy (non-hydrogen) atoms. The number of anilines is 1. The van der Waals surface area contributed by atoms with Gasteiger partial charge in [-0.05, 0) is 40.3 Å². The third-order valence-electron chi connectivity index (χ3n) is 3.07. The molecule has 0 fully saturated rings. The van der Waals surface area contributed by atoms with Crippen molar-refractivity contribution in [1.29, 1.82) is 0 Å². The molecule has 2 N–H and O–H groups in total. The zero-order valence-corrected chi connectivity index (χ0v) is 11.9. The van der Waals surface area contributed by atoms with Crippen molar-refractivity contribution in [2.75, 3.05) is 5.32 Å². The summed E-state index contributed by atoms with van der Waals surface area (Å²) in [5.74, 6) is -1.49. The van der Waals surface area contributed by atoms with Gasteiger partial charge in [0.25, 0.3) is 0 Å². The Morgan fingerprint density at radius 2 is 1.77 bits per heavy atom. The van der Waals surface area contributed by atoms with Crippen LogP contribution in [-0.2, 0) is 4.79 Å². The normalized spacial score (nSPS) is 10.5. The summed E-state index contributed by atoms with van der Waals surface area (Å²) < 4.78 is 0. The Balaban J connectivity index is 2.15. The summed E-state index contributed by atoms with van der Waals surface area (Å²) in [6.45, 7) is 7.66. The lowest BCUT2D eigenvalue weighted by Gasteiger charge is -2.05. The van der Waals surface area contributed by atoms with Crippen LogP contribution in [0.2, 0.25) is 0 Å². The van der Waals surface area contributed by atoms with Gasteiger partial charge < -0.3 is 10.4 Å². The van der Waals surface area contributed by atoms with Crippen LogP contribution in [0.4, 0.5) is 5.69 Å². The molecule has 2 aromatic rings. The summed E-state index contributed by atoms with van der Waals surface area (Å²) in [4.78, 5) is 23.0. The molecule has 2 aromatic carbocycles. The number of hydrogen-bond acceptors (Lipinski definition) is 2. The van der Waals surface area contributed by atoms with Crippen molar-refractivity contribution in [3.05, 3.63) is 70.1 Å². The van der Waals surface area contributed by atoms with Crippen molar-refractivity contribution >= 4 is 36.8 Å². The Hall–Kier alpha value is -3.14. The molecule has 0 saturated heterocycles. The number of amides is 1. The first-order valence-corrected chi connectivity index (χ1v) is 6.57. The van der Waals surface area contributed by atoms with E-state index in [1.807, 2.05) is 18.2 Å². The number of hydrogen-bond donors (Lipinski definition) is 2. The van der Waals surface area contributed by atoms with Crippen LogP contribution >= 0.6 is 0 Å². The Morgan fingerprint density at radius 3 is 2.45 bits per heavy atom. The third-order valence-corrected chi connectivity index (χ3v) is 3.07. The largest absolute Gasteiger partial charge is 0.478 e. The van der Waals surface area contributed by atoms with E-state index in [2.05, 4.69) is 18.5 Å². The van der Waals surface area contributed by atoms with Crippen LogP contribution in [0.5, 0.6) is 0 Å². The topological polar surface area (TPSA) is 66.4 Å². The lowest BCUT2D eigenvalue weighted by molar-refractivity contribution is -0.111. The monoisotopic (exact) mass is 293 g/mol. The number of carboxylic acid groups (broad SMARTS) is 1. The van der Waals surface area contributed by atoms with Crippen LogP contribution in [0, 0.1) is 0 Å². The molecule has 110 valence electrons. The smallest absolute Gasteiger partial charge is 0.337 e. The summed E-state index contributed by atoms with van der Waals surface area (Å²) in [7, 11) is 0. The molecule has 1 amide bonds. The molecule has 4 nitrogen and oxygen atoms in total. The lowest BCUT2D eigenvalue weighted by Crippen LogP contribution is -2.20. The average molecular weight is 293 g/mol. The molecule has 0 aliphatic heterocycles. The van der Waals surface area contributed by atoms with Gasteiger partial charge in [-0.1, -0.05) is 37.4 Å². The third kappa shape index (κ3) is 3.70. The molecule has 0 aliphatic carbocycles. The van der Waals surface area contributed by atoms with E-state index in [-0.39, 0.29) is 11.3 Å². The molecule has 0 spiro atoms. The van der Waals surface area contributed by atoms with Crippen molar-refractivity contribution in [2.45, 2.75) is 0 Å². The number of para-hydroxylation sites is 1. The Morgan fingerprint density at radius 1 is 1.05 bits per heavy atom. The zero-order chi connectivity index (χ0) is 16.1. The first-order chi connectivity index (χ1) is 10.5. The van der Waals surface area contributed by atoms with E-state index >= 15 is 0 Å². The molecule has 0 bridgehead atoms. The Bertz CT molecular complexity index is 853. The van der Waals surface area contributed by atoms with Gasteiger partial charge in [-0.15, -0.1) is 0 Å². The van der Waals surface area contributed by atoms with E-state index in [0.717, 1.165) is 16.0 Å². The summed E-state index contributed by atoms with van der Waals surface area (Å²) in [5.41, 5.74) is 1.13. The van der Waals surface area contributed by atoms with E-state index in [0.29, 0.717) is 0 Å². The molecule has 0 heterocycles. The van der Waals surface area contributed by atoms with Crippen molar-refractivity contribution < 1.29 is 14.7 Å². The number of carboxylic acids is 1. The fourth-order valence-electron chi connectivity index (χ4n) is 1.87. The van der Waals surface area contributed by atoms with Gasteiger partial charge in [-0.2, -0.15) is 0 Å². The summed E-state index contributed by atoms with van der Waals surface area (Å²) >= 11 is 0. The number of carbonyl (C=O) groups excluding carboxylic acids is 1. The van der Waals surface area contributed by atoms with E-state index in [4.69, 9.17) is 5.11 Å². The van der Waals surface area contributed by atoms with Crippen molar-refractivity contribution in [1.82, 2.24) is 0 Å². The van der Waals surface area contributed by atoms with Gasteiger partial charge in [-0.25, -0.2) is 4.79 Å². The fraction of sp³-hybridized carbons (Fsp3) is 0. The molecule has 0 atom stereocenters. The minimum Gasteiger partial charge on any atom is -0.478 e. The first-order valence-electron chi connectivity index (χ1n) is 6.57. The summed E-state index contributed by atoms with van der Waals surface area (Å²) in [6, 6.07) is 11.7. The Kier molecular flexibility index (Phi) is 4.53. The molecule has 0 unspecified atom stereocenters. The zero-order valence-electron chi connectivity index (χ0n) is 11.9.